The Kier molecular flexibility index (Phi) is 3.66. The van der Waals surface area contributed by atoms with Gasteiger partial charge >= 0.3 is 0 Å². The summed E-state index contributed by atoms with van der Waals surface area (Å²) >= 11 is 7.61. The van der Waals surface area contributed by atoms with Gasteiger partial charge in [0.2, 0.25) is 0 Å². The Bertz CT molecular complexity index is 860. The van der Waals surface area contributed by atoms with Crippen molar-refractivity contribution in [1.82, 2.24) is 9.38 Å². The van der Waals surface area contributed by atoms with Crippen molar-refractivity contribution in [2.75, 3.05) is 0 Å². The van der Waals surface area contributed by atoms with Gasteiger partial charge in [-0.15, -0.1) is 11.3 Å². The van der Waals surface area contributed by atoms with E-state index >= 15 is 0 Å². The molecule has 3 rings (SSSR count). The summed E-state index contributed by atoms with van der Waals surface area (Å²) in [6.07, 6.45) is 5.15. The Morgan fingerprint density at radius 2 is 2.19 bits per heavy atom. The van der Waals surface area contributed by atoms with Gasteiger partial charge in [-0.25, -0.2) is 4.98 Å². The minimum atomic E-state index is -0.0336. The summed E-state index contributed by atoms with van der Waals surface area (Å²) < 4.78 is 1.87. The van der Waals surface area contributed by atoms with Crippen LogP contribution in [0.4, 0.5) is 0 Å². The predicted octanol–water partition coefficient (Wildman–Crippen LogP) is 4.56. The molecule has 0 bridgehead atoms. The molecular weight excluding hydrogens is 304 g/mol. The van der Waals surface area contributed by atoms with Crippen LogP contribution in [-0.4, -0.2) is 15.2 Å². The first kappa shape index (κ1) is 14.0. The minimum Gasteiger partial charge on any atom is -0.289 e. The summed E-state index contributed by atoms with van der Waals surface area (Å²) in [6.45, 7) is 3.95. The van der Waals surface area contributed by atoms with Crippen molar-refractivity contribution >= 4 is 39.8 Å². The number of thiazole rings is 1. The van der Waals surface area contributed by atoms with Gasteiger partial charge in [0.25, 0.3) is 0 Å². The van der Waals surface area contributed by atoms with Crippen LogP contribution in [0.25, 0.3) is 11.0 Å². The number of halogens is 1. The fraction of sp³-hybridized carbons (Fsp3) is 0.125. The van der Waals surface area contributed by atoms with E-state index in [1.807, 2.05) is 48.0 Å². The molecule has 1 aromatic carbocycles. The van der Waals surface area contributed by atoms with Gasteiger partial charge in [0.15, 0.2) is 15.9 Å². The average molecular weight is 317 g/mol. The number of allylic oxidation sites excluding steroid dienone is 1. The third-order valence-electron chi connectivity index (χ3n) is 3.29. The van der Waals surface area contributed by atoms with Crippen LogP contribution in [-0.2, 0) is 0 Å². The van der Waals surface area contributed by atoms with E-state index in [2.05, 4.69) is 4.98 Å². The molecule has 0 fully saturated rings. The first-order chi connectivity index (χ1) is 10.1. The van der Waals surface area contributed by atoms with Gasteiger partial charge in [-0.2, -0.15) is 0 Å². The number of ketones is 1. The zero-order chi connectivity index (χ0) is 15.0. The monoisotopic (exact) mass is 316 g/mol. The highest BCUT2D eigenvalue weighted by molar-refractivity contribution is 7.15. The molecule has 0 unspecified atom stereocenters. The topological polar surface area (TPSA) is 34.4 Å². The number of hydrogen-bond acceptors (Lipinski definition) is 3. The standard InChI is InChI=1S/C16H13ClN2OS/c1-10-3-4-12(11(2)9-10)14(20)6-5-13-15(17)18-16-19(13)7-8-21-16/h3-9H,1-2H3/b6-5+. The van der Waals surface area contributed by atoms with Gasteiger partial charge < -0.3 is 0 Å². The molecule has 106 valence electrons. The zero-order valence-corrected chi connectivity index (χ0v) is 13.2. The Hall–Kier alpha value is -1.91. The molecule has 0 radical (unpaired) electrons. The molecule has 2 heterocycles. The minimum absolute atomic E-state index is 0.0336. The quantitative estimate of drug-likeness (QED) is 0.524. The van der Waals surface area contributed by atoms with Crippen LogP contribution in [0.15, 0.2) is 35.9 Å². The van der Waals surface area contributed by atoms with Gasteiger partial charge in [0.05, 0.1) is 5.69 Å². The Morgan fingerprint density at radius 1 is 1.38 bits per heavy atom. The lowest BCUT2D eigenvalue weighted by Crippen LogP contribution is -1.98. The van der Waals surface area contributed by atoms with Gasteiger partial charge in [-0.3, -0.25) is 9.20 Å². The molecular formula is C16H13ClN2OS. The van der Waals surface area contributed by atoms with Crippen LogP contribution in [0.2, 0.25) is 5.15 Å². The van der Waals surface area contributed by atoms with E-state index in [9.17, 15) is 4.79 Å². The van der Waals surface area contributed by atoms with Gasteiger partial charge in [-0.1, -0.05) is 35.4 Å². The zero-order valence-electron chi connectivity index (χ0n) is 11.6. The molecule has 0 aliphatic heterocycles. The highest BCUT2D eigenvalue weighted by Crippen LogP contribution is 2.22. The molecule has 0 amide bonds. The number of hydrogen-bond donors (Lipinski definition) is 0. The predicted molar refractivity (Wildman–Crippen MR) is 87.4 cm³/mol. The molecule has 0 saturated carbocycles. The van der Waals surface area contributed by atoms with Gasteiger partial charge in [-0.05, 0) is 31.6 Å². The number of imidazole rings is 1. The third kappa shape index (κ3) is 2.64. The van der Waals surface area contributed by atoms with Crippen molar-refractivity contribution in [2.45, 2.75) is 13.8 Å². The smallest absolute Gasteiger partial charge is 0.195 e. The van der Waals surface area contributed by atoms with E-state index in [4.69, 9.17) is 11.6 Å². The van der Waals surface area contributed by atoms with Gasteiger partial charge in [0.1, 0.15) is 0 Å². The molecule has 5 heteroatoms. The normalized spacial score (nSPS) is 11.6. The van der Waals surface area contributed by atoms with Crippen LogP contribution in [0.3, 0.4) is 0 Å². The molecule has 0 aliphatic rings. The summed E-state index contributed by atoms with van der Waals surface area (Å²) in [5.41, 5.74) is 3.56. The van der Waals surface area contributed by atoms with E-state index < -0.39 is 0 Å². The number of aryl methyl sites for hydroxylation is 2. The number of carbonyl (C=O) groups excluding carboxylic acids is 1. The second-order valence-corrected chi connectivity index (χ2v) is 6.09. The molecule has 2 aromatic heterocycles. The first-order valence-electron chi connectivity index (χ1n) is 6.47. The van der Waals surface area contributed by atoms with Crippen LogP contribution in [0.5, 0.6) is 0 Å². The number of nitrogens with zero attached hydrogens (tertiary/aromatic N) is 2. The average Bonchev–Trinajstić information content (AvgIpc) is 2.97. The SMILES string of the molecule is Cc1ccc(C(=O)/C=C/c2c(Cl)nc3sccn23)c(C)c1. The van der Waals surface area contributed by atoms with E-state index in [-0.39, 0.29) is 5.78 Å². The Labute approximate surface area is 131 Å². The summed E-state index contributed by atoms with van der Waals surface area (Å²) in [6, 6.07) is 5.80. The van der Waals surface area contributed by atoms with Crippen molar-refractivity contribution in [2.24, 2.45) is 0 Å². The van der Waals surface area contributed by atoms with Crippen LogP contribution >= 0.6 is 22.9 Å². The molecule has 0 saturated heterocycles. The molecule has 0 aliphatic carbocycles. The maximum atomic E-state index is 12.3. The maximum absolute atomic E-state index is 12.3. The largest absolute Gasteiger partial charge is 0.289 e. The lowest BCUT2D eigenvalue weighted by molar-refractivity contribution is 0.104. The Balaban J connectivity index is 1.93. The fourth-order valence-corrected chi connectivity index (χ4v) is 3.27. The van der Waals surface area contributed by atoms with Crippen molar-refractivity contribution in [3.05, 3.63) is 63.4 Å². The second-order valence-electron chi connectivity index (χ2n) is 4.86. The number of benzene rings is 1. The van der Waals surface area contributed by atoms with Crippen molar-refractivity contribution in [1.29, 1.82) is 0 Å². The molecule has 3 nitrogen and oxygen atoms in total. The highest BCUT2D eigenvalue weighted by Gasteiger charge is 2.10. The molecule has 0 atom stereocenters. The van der Waals surface area contributed by atoms with Crippen LogP contribution in [0.1, 0.15) is 27.2 Å². The van der Waals surface area contributed by atoms with E-state index in [0.717, 1.165) is 21.8 Å². The summed E-state index contributed by atoms with van der Waals surface area (Å²) in [5.74, 6) is -0.0336. The highest BCUT2D eigenvalue weighted by atomic mass is 35.5. The molecule has 0 N–H and O–H groups in total. The van der Waals surface area contributed by atoms with Crippen LogP contribution < -0.4 is 0 Å². The summed E-state index contributed by atoms with van der Waals surface area (Å²) in [4.78, 5) is 17.4. The number of aromatic nitrogens is 2. The van der Waals surface area contributed by atoms with E-state index in [0.29, 0.717) is 10.7 Å². The van der Waals surface area contributed by atoms with Crippen molar-refractivity contribution < 1.29 is 4.79 Å². The molecule has 3 aromatic rings. The van der Waals surface area contributed by atoms with Gasteiger partial charge in [0, 0.05) is 17.1 Å². The molecule has 0 spiro atoms. The number of rotatable bonds is 3. The maximum Gasteiger partial charge on any atom is 0.195 e. The lowest BCUT2D eigenvalue weighted by atomic mass is 10.0. The van der Waals surface area contributed by atoms with Crippen LogP contribution in [0, 0.1) is 13.8 Å². The van der Waals surface area contributed by atoms with E-state index in [1.54, 1.807) is 12.2 Å². The number of carbonyl (C=O) groups is 1. The number of fused-ring (bicyclic) bond motifs is 1. The summed E-state index contributed by atoms with van der Waals surface area (Å²) in [7, 11) is 0. The van der Waals surface area contributed by atoms with Crippen molar-refractivity contribution in [3.8, 4) is 0 Å². The third-order valence-corrected chi connectivity index (χ3v) is 4.33. The Morgan fingerprint density at radius 3 is 2.95 bits per heavy atom. The second kappa shape index (κ2) is 5.47. The summed E-state index contributed by atoms with van der Waals surface area (Å²) in [5, 5.41) is 2.34. The van der Waals surface area contributed by atoms with Crippen molar-refractivity contribution in [3.63, 3.8) is 0 Å². The first-order valence-corrected chi connectivity index (χ1v) is 7.73. The fourth-order valence-electron chi connectivity index (χ4n) is 2.26. The van der Waals surface area contributed by atoms with E-state index in [1.165, 1.54) is 11.3 Å². The lowest BCUT2D eigenvalue weighted by Gasteiger charge is -2.02. The molecule has 21 heavy (non-hydrogen) atoms.